The number of carboxylic acids is 1. The predicted molar refractivity (Wildman–Crippen MR) is 64.9 cm³/mol. The molecule has 0 radical (unpaired) electrons. The van der Waals surface area contributed by atoms with Crippen molar-refractivity contribution in [2.45, 2.75) is 23.6 Å². The summed E-state index contributed by atoms with van der Waals surface area (Å²) >= 11 is 1.43. The lowest BCUT2D eigenvalue weighted by atomic mass is 10.3. The van der Waals surface area contributed by atoms with Gasteiger partial charge in [0.1, 0.15) is 5.52 Å². The Morgan fingerprint density at radius 2 is 2.18 bits per heavy atom. The van der Waals surface area contributed by atoms with Gasteiger partial charge in [0, 0.05) is 17.6 Å². The Hall–Kier alpha value is -1.69. The molecular formula is C11H11N3O2S. The molecule has 0 aliphatic rings. The molecule has 2 rings (SSSR count). The average molecular weight is 249 g/mol. The zero-order chi connectivity index (χ0) is 12.3. The van der Waals surface area contributed by atoms with Gasteiger partial charge in [-0.3, -0.25) is 9.78 Å². The van der Waals surface area contributed by atoms with E-state index < -0.39 is 5.97 Å². The number of fused-ring (bicyclic) bond motifs is 1. The van der Waals surface area contributed by atoms with Crippen LogP contribution in [0.3, 0.4) is 0 Å². The Labute approximate surface area is 102 Å². The van der Waals surface area contributed by atoms with Crippen LogP contribution >= 0.6 is 11.8 Å². The second-order valence-electron chi connectivity index (χ2n) is 3.57. The highest BCUT2D eigenvalue weighted by Gasteiger charge is 2.10. The number of aliphatic carboxylic acids is 1. The molecule has 0 saturated carbocycles. The molecule has 0 bridgehead atoms. The predicted octanol–water partition coefficient (Wildman–Crippen LogP) is 1.98. The van der Waals surface area contributed by atoms with Crippen LogP contribution in [0, 0.1) is 0 Å². The molecular weight excluding hydrogens is 238 g/mol. The number of carbonyl (C=O) groups is 1. The highest BCUT2D eigenvalue weighted by atomic mass is 32.2. The minimum absolute atomic E-state index is 0.0193. The summed E-state index contributed by atoms with van der Waals surface area (Å²) in [6, 6.07) is 3.67. The smallest absolute Gasteiger partial charge is 0.304 e. The van der Waals surface area contributed by atoms with Crippen molar-refractivity contribution in [3.05, 3.63) is 24.5 Å². The van der Waals surface area contributed by atoms with Gasteiger partial charge in [0.25, 0.3) is 0 Å². The molecule has 17 heavy (non-hydrogen) atoms. The first kappa shape index (κ1) is 11.8. The van der Waals surface area contributed by atoms with E-state index in [4.69, 9.17) is 5.11 Å². The van der Waals surface area contributed by atoms with Crippen LogP contribution in [-0.4, -0.2) is 31.3 Å². The lowest BCUT2D eigenvalue weighted by Crippen LogP contribution is -2.05. The fourth-order valence-electron chi connectivity index (χ4n) is 1.40. The fraction of sp³-hybridized carbons (Fsp3) is 0.273. The van der Waals surface area contributed by atoms with E-state index in [9.17, 15) is 4.79 Å². The van der Waals surface area contributed by atoms with Crippen molar-refractivity contribution in [1.82, 2.24) is 15.0 Å². The van der Waals surface area contributed by atoms with E-state index in [-0.39, 0.29) is 11.7 Å². The molecule has 0 aliphatic heterocycles. The Balaban J connectivity index is 2.16. The number of thioether (sulfide) groups is 1. The van der Waals surface area contributed by atoms with Crippen LogP contribution in [0.5, 0.6) is 0 Å². The van der Waals surface area contributed by atoms with Gasteiger partial charge in [0.05, 0.1) is 11.4 Å². The lowest BCUT2D eigenvalue weighted by molar-refractivity contribution is -0.136. The van der Waals surface area contributed by atoms with Gasteiger partial charge in [-0.15, -0.1) is 11.8 Å². The molecule has 0 fully saturated rings. The molecule has 0 spiro atoms. The molecule has 0 aliphatic carbocycles. The standard InChI is InChI=1S/C11H11N3O2S/c1-7(6-10(15)16)17-9-3-2-8-11(14-9)13-5-4-12-8/h2-5,7H,6H2,1H3,(H,15,16). The molecule has 5 nitrogen and oxygen atoms in total. The maximum absolute atomic E-state index is 10.6. The van der Waals surface area contributed by atoms with Gasteiger partial charge in [0.2, 0.25) is 0 Å². The maximum Gasteiger partial charge on any atom is 0.304 e. The summed E-state index contributed by atoms with van der Waals surface area (Å²) in [4.78, 5) is 23.1. The normalized spacial score (nSPS) is 12.5. The molecule has 2 heterocycles. The first-order chi connectivity index (χ1) is 8.15. The molecule has 0 saturated heterocycles. The molecule has 2 aromatic heterocycles. The number of pyridine rings is 1. The van der Waals surface area contributed by atoms with E-state index in [1.54, 1.807) is 12.4 Å². The second-order valence-corrected chi connectivity index (χ2v) is 5.03. The fourth-order valence-corrected chi connectivity index (χ4v) is 2.32. The van der Waals surface area contributed by atoms with Gasteiger partial charge in [-0.05, 0) is 12.1 Å². The Morgan fingerprint density at radius 1 is 1.41 bits per heavy atom. The van der Waals surface area contributed by atoms with E-state index in [1.165, 1.54) is 11.8 Å². The Bertz CT molecular complexity index is 547. The van der Waals surface area contributed by atoms with Crippen LogP contribution in [-0.2, 0) is 4.79 Å². The van der Waals surface area contributed by atoms with Gasteiger partial charge < -0.3 is 5.11 Å². The minimum Gasteiger partial charge on any atom is -0.481 e. The molecule has 0 amide bonds. The summed E-state index contributed by atoms with van der Waals surface area (Å²) in [5.74, 6) is -0.800. The SMILES string of the molecule is CC(CC(=O)O)Sc1ccc2nccnc2n1. The molecule has 2 aromatic rings. The van der Waals surface area contributed by atoms with Crippen molar-refractivity contribution >= 4 is 28.9 Å². The number of hydrogen-bond acceptors (Lipinski definition) is 5. The summed E-state index contributed by atoms with van der Waals surface area (Å²) in [5, 5.41) is 9.43. The van der Waals surface area contributed by atoms with Crippen molar-refractivity contribution in [3.63, 3.8) is 0 Å². The van der Waals surface area contributed by atoms with Crippen LogP contribution in [0.2, 0.25) is 0 Å². The third kappa shape index (κ3) is 3.13. The number of carboxylic acid groups (broad SMARTS) is 1. The summed E-state index contributed by atoms with van der Waals surface area (Å²) in [7, 11) is 0. The van der Waals surface area contributed by atoms with E-state index in [2.05, 4.69) is 15.0 Å². The van der Waals surface area contributed by atoms with Crippen molar-refractivity contribution in [3.8, 4) is 0 Å². The molecule has 1 unspecified atom stereocenters. The topological polar surface area (TPSA) is 76.0 Å². The summed E-state index contributed by atoms with van der Waals surface area (Å²) in [5.41, 5.74) is 1.32. The first-order valence-corrected chi connectivity index (χ1v) is 5.99. The van der Waals surface area contributed by atoms with Crippen molar-refractivity contribution in [2.24, 2.45) is 0 Å². The molecule has 6 heteroatoms. The Morgan fingerprint density at radius 3 is 2.94 bits per heavy atom. The van der Waals surface area contributed by atoms with Crippen LogP contribution in [0.4, 0.5) is 0 Å². The van der Waals surface area contributed by atoms with Crippen LogP contribution in [0.25, 0.3) is 11.2 Å². The van der Waals surface area contributed by atoms with E-state index in [1.807, 2.05) is 19.1 Å². The van der Waals surface area contributed by atoms with Gasteiger partial charge >= 0.3 is 5.97 Å². The quantitative estimate of drug-likeness (QED) is 0.835. The van der Waals surface area contributed by atoms with Gasteiger partial charge in [-0.1, -0.05) is 6.92 Å². The van der Waals surface area contributed by atoms with Crippen molar-refractivity contribution < 1.29 is 9.90 Å². The zero-order valence-corrected chi connectivity index (χ0v) is 10.0. The number of aromatic nitrogens is 3. The lowest BCUT2D eigenvalue weighted by Gasteiger charge is -2.07. The number of hydrogen-bond donors (Lipinski definition) is 1. The monoisotopic (exact) mass is 249 g/mol. The minimum atomic E-state index is -0.800. The van der Waals surface area contributed by atoms with Crippen LogP contribution < -0.4 is 0 Å². The molecule has 1 N–H and O–H groups in total. The van der Waals surface area contributed by atoms with Gasteiger partial charge in [-0.2, -0.15) is 0 Å². The summed E-state index contributed by atoms with van der Waals surface area (Å²) in [6.45, 7) is 1.86. The Kier molecular flexibility index (Phi) is 3.53. The molecule has 1 atom stereocenters. The van der Waals surface area contributed by atoms with E-state index in [0.29, 0.717) is 5.65 Å². The largest absolute Gasteiger partial charge is 0.481 e. The summed E-state index contributed by atoms with van der Waals surface area (Å²) < 4.78 is 0. The van der Waals surface area contributed by atoms with Crippen molar-refractivity contribution in [1.29, 1.82) is 0 Å². The maximum atomic E-state index is 10.6. The molecule has 0 aromatic carbocycles. The van der Waals surface area contributed by atoms with E-state index in [0.717, 1.165) is 10.5 Å². The summed E-state index contributed by atoms with van der Waals surface area (Å²) in [6.07, 6.45) is 3.32. The highest BCUT2D eigenvalue weighted by Crippen LogP contribution is 2.24. The van der Waals surface area contributed by atoms with Gasteiger partial charge in [0.15, 0.2) is 5.65 Å². The number of rotatable bonds is 4. The second kappa shape index (κ2) is 5.09. The van der Waals surface area contributed by atoms with Crippen LogP contribution in [0.15, 0.2) is 29.6 Å². The van der Waals surface area contributed by atoms with E-state index >= 15 is 0 Å². The van der Waals surface area contributed by atoms with Gasteiger partial charge in [-0.25, -0.2) is 9.97 Å². The third-order valence-electron chi connectivity index (χ3n) is 2.09. The average Bonchev–Trinajstić information content (AvgIpc) is 2.27. The zero-order valence-electron chi connectivity index (χ0n) is 9.20. The third-order valence-corrected chi connectivity index (χ3v) is 3.13. The van der Waals surface area contributed by atoms with Crippen molar-refractivity contribution in [2.75, 3.05) is 0 Å². The van der Waals surface area contributed by atoms with Crippen LogP contribution in [0.1, 0.15) is 13.3 Å². The highest BCUT2D eigenvalue weighted by molar-refractivity contribution is 7.99. The number of nitrogens with zero attached hydrogens (tertiary/aromatic N) is 3. The molecule has 88 valence electrons. The first-order valence-electron chi connectivity index (χ1n) is 5.11.